The predicted molar refractivity (Wildman–Crippen MR) is 56.3 cm³/mol. The van der Waals surface area contributed by atoms with E-state index in [0.717, 1.165) is 15.7 Å². The van der Waals surface area contributed by atoms with Crippen LogP contribution in [0.15, 0.2) is 38.8 Å². The number of halogens is 1. The van der Waals surface area contributed by atoms with Crippen LogP contribution >= 0.6 is 22.6 Å². The standard InChI is InChI=1S/C9H10IN/c1-7-4-2-3-5-9(11)8(10)6-7/h3-4,6H,5,11H2,1H3. The number of hydrogen-bond donors (Lipinski definition) is 1. The molecule has 0 bridgehead atoms. The molecule has 0 aromatic rings. The van der Waals surface area contributed by atoms with Crippen LogP contribution in [0.4, 0.5) is 0 Å². The van der Waals surface area contributed by atoms with Gasteiger partial charge in [-0.05, 0) is 53.3 Å². The first-order valence-corrected chi connectivity index (χ1v) is 4.51. The molecule has 11 heavy (non-hydrogen) atoms. The first-order valence-electron chi connectivity index (χ1n) is 3.43. The van der Waals surface area contributed by atoms with Gasteiger partial charge in [-0.2, -0.15) is 0 Å². The average molecular weight is 259 g/mol. The molecule has 0 atom stereocenters. The highest BCUT2D eigenvalue weighted by molar-refractivity contribution is 14.1. The molecule has 0 saturated heterocycles. The van der Waals surface area contributed by atoms with Gasteiger partial charge >= 0.3 is 0 Å². The van der Waals surface area contributed by atoms with Gasteiger partial charge in [0.1, 0.15) is 0 Å². The minimum absolute atomic E-state index is 0.804. The third kappa shape index (κ3) is 2.56. The Kier molecular flexibility index (Phi) is 2.97. The highest BCUT2D eigenvalue weighted by Crippen LogP contribution is 2.17. The van der Waals surface area contributed by atoms with Crippen molar-refractivity contribution in [2.24, 2.45) is 5.73 Å². The van der Waals surface area contributed by atoms with E-state index in [1.807, 2.05) is 19.1 Å². The van der Waals surface area contributed by atoms with Crippen molar-refractivity contribution in [1.82, 2.24) is 0 Å². The minimum Gasteiger partial charge on any atom is -0.401 e. The molecule has 0 aromatic carbocycles. The van der Waals surface area contributed by atoms with Crippen LogP contribution in [-0.2, 0) is 0 Å². The zero-order valence-electron chi connectivity index (χ0n) is 6.39. The van der Waals surface area contributed by atoms with Gasteiger partial charge in [-0.15, -0.1) is 5.73 Å². The number of hydrogen-bond acceptors (Lipinski definition) is 1. The van der Waals surface area contributed by atoms with Crippen molar-refractivity contribution >= 4 is 22.6 Å². The molecular formula is C9H10IN. The van der Waals surface area contributed by atoms with E-state index in [2.05, 4.69) is 34.4 Å². The summed E-state index contributed by atoms with van der Waals surface area (Å²) in [7, 11) is 0. The molecular weight excluding hydrogens is 249 g/mol. The van der Waals surface area contributed by atoms with Crippen LogP contribution in [0.5, 0.6) is 0 Å². The second-order valence-corrected chi connectivity index (χ2v) is 3.64. The van der Waals surface area contributed by atoms with Gasteiger partial charge < -0.3 is 5.73 Å². The summed E-state index contributed by atoms with van der Waals surface area (Å²) in [5.74, 6) is 0. The first-order chi connectivity index (χ1) is 5.20. The molecule has 0 amide bonds. The van der Waals surface area contributed by atoms with Crippen LogP contribution in [0.1, 0.15) is 13.3 Å². The lowest BCUT2D eigenvalue weighted by molar-refractivity contribution is 1.16. The van der Waals surface area contributed by atoms with Gasteiger partial charge in [0.25, 0.3) is 0 Å². The maximum atomic E-state index is 5.75. The van der Waals surface area contributed by atoms with Crippen molar-refractivity contribution in [2.45, 2.75) is 13.3 Å². The molecule has 1 aliphatic carbocycles. The third-order valence-corrected chi connectivity index (χ3v) is 2.42. The van der Waals surface area contributed by atoms with E-state index in [0.29, 0.717) is 0 Å². The van der Waals surface area contributed by atoms with Crippen LogP contribution in [0.2, 0.25) is 0 Å². The molecule has 1 aliphatic rings. The van der Waals surface area contributed by atoms with Gasteiger partial charge in [0.2, 0.25) is 0 Å². The van der Waals surface area contributed by atoms with E-state index in [-0.39, 0.29) is 0 Å². The molecule has 1 rings (SSSR count). The molecule has 1 nitrogen and oxygen atoms in total. The molecule has 0 spiro atoms. The largest absolute Gasteiger partial charge is 0.401 e. The van der Waals surface area contributed by atoms with E-state index < -0.39 is 0 Å². The fourth-order valence-electron chi connectivity index (χ4n) is 0.791. The van der Waals surface area contributed by atoms with Crippen molar-refractivity contribution < 1.29 is 0 Å². The molecule has 2 N–H and O–H groups in total. The lowest BCUT2D eigenvalue weighted by Gasteiger charge is -2.00. The van der Waals surface area contributed by atoms with Crippen LogP contribution in [-0.4, -0.2) is 0 Å². The molecule has 0 heterocycles. The fourth-order valence-corrected chi connectivity index (χ4v) is 1.50. The zero-order valence-corrected chi connectivity index (χ0v) is 8.55. The Bertz CT molecular complexity index is 278. The zero-order chi connectivity index (χ0) is 8.27. The van der Waals surface area contributed by atoms with Gasteiger partial charge in [-0.3, -0.25) is 0 Å². The molecule has 0 saturated carbocycles. The maximum absolute atomic E-state index is 5.75. The Balaban J connectivity index is 3.03. The Morgan fingerprint density at radius 3 is 3.09 bits per heavy atom. The van der Waals surface area contributed by atoms with E-state index in [9.17, 15) is 0 Å². The predicted octanol–water partition coefficient (Wildman–Crippen LogP) is 2.65. The summed E-state index contributed by atoms with van der Waals surface area (Å²) < 4.78 is 1.13. The SMILES string of the molecule is CC1=CC(I)=C(N)CC=C=C1. The van der Waals surface area contributed by atoms with Crippen LogP contribution < -0.4 is 5.73 Å². The highest BCUT2D eigenvalue weighted by Gasteiger charge is 1.96. The van der Waals surface area contributed by atoms with Crippen LogP contribution in [0.25, 0.3) is 0 Å². The maximum Gasteiger partial charge on any atom is 0.0324 e. The molecule has 0 aromatic heterocycles. The lowest BCUT2D eigenvalue weighted by Crippen LogP contribution is -1.97. The number of rotatable bonds is 0. The summed E-state index contributed by atoms with van der Waals surface area (Å²) in [6.45, 7) is 2.04. The van der Waals surface area contributed by atoms with E-state index in [1.54, 1.807) is 0 Å². The van der Waals surface area contributed by atoms with Crippen molar-refractivity contribution in [3.8, 4) is 0 Å². The van der Waals surface area contributed by atoms with Gasteiger partial charge in [0, 0.05) is 15.7 Å². The fraction of sp³-hybridized carbons (Fsp3) is 0.222. The quantitative estimate of drug-likeness (QED) is 0.525. The van der Waals surface area contributed by atoms with Gasteiger partial charge in [-0.25, -0.2) is 0 Å². The summed E-state index contributed by atoms with van der Waals surface area (Å²) in [6, 6.07) is 0. The second kappa shape index (κ2) is 3.79. The Morgan fingerprint density at radius 2 is 2.36 bits per heavy atom. The lowest BCUT2D eigenvalue weighted by atomic mass is 10.2. The number of allylic oxidation sites excluding steroid dienone is 4. The van der Waals surface area contributed by atoms with Crippen molar-refractivity contribution in [3.63, 3.8) is 0 Å². The topological polar surface area (TPSA) is 26.0 Å². The van der Waals surface area contributed by atoms with Crippen LogP contribution in [0, 0.1) is 0 Å². The highest BCUT2D eigenvalue weighted by atomic mass is 127. The molecule has 58 valence electrons. The summed E-state index contributed by atoms with van der Waals surface area (Å²) in [6.07, 6.45) is 6.78. The van der Waals surface area contributed by atoms with Gasteiger partial charge in [-0.1, -0.05) is 0 Å². The molecule has 0 fully saturated rings. The van der Waals surface area contributed by atoms with E-state index >= 15 is 0 Å². The minimum atomic E-state index is 0.804. The monoisotopic (exact) mass is 259 g/mol. The summed E-state index contributed by atoms with van der Waals surface area (Å²) >= 11 is 2.25. The summed E-state index contributed by atoms with van der Waals surface area (Å²) in [5, 5.41) is 0. The average Bonchev–Trinajstić information content (AvgIpc) is 1.95. The second-order valence-electron chi connectivity index (χ2n) is 2.48. The number of nitrogens with two attached hydrogens (primary N) is 1. The smallest absolute Gasteiger partial charge is 0.0324 e. The Hall–Kier alpha value is -0.470. The van der Waals surface area contributed by atoms with Crippen molar-refractivity contribution in [2.75, 3.05) is 0 Å². The van der Waals surface area contributed by atoms with E-state index in [1.165, 1.54) is 5.57 Å². The van der Waals surface area contributed by atoms with Crippen LogP contribution in [0.3, 0.4) is 0 Å². The van der Waals surface area contributed by atoms with Gasteiger partial charge in [0.15, 0.2) is 0 Å². The summed E-state index contributed by atoms with van der Waals surface area (Å²) in [4.78, 5) is 0. The van der Waals surface area contributed by atoms with Crippen molar-refractivity contribution in [3.05, 3.63) is 38.8 Å². The normalized spacial score (nSPS) is 17.8. The molecule has 0 radical (unpaired) electrons. The summed E-state index contributed by atoms with van der Waals surface area (Å²) in [5.41, 5.74) is 10.9. The Labute approximate surface area is 80.5 Å². The first kappa shape index (κ1) is 8.62. The third-order valence-electron chi connectivity index (χ3n) is 1.41. The van der Waals surface area contributed by atoms with Crippen molar-refractivity contribution in [1.29, 1.82) is 0 Å². The molecule has 0 aliphatic heterocycles. The molecule has 0 unspecified atom stereocenters. The Morgan fingerprint density at radius 1 is 1.64 bits per heavy atom. The van der Waals surface area contributed by atoms with E-state index in [4.69, 9.17) is 5.73 Å². The van der Waals surface area contributed by atoms with Gasteiger partial charge in [0.05, 0.1) is 0 Å². The molecule has 2 heteroatoms.